The molecule has 0 spiro atoms. The minimum absolute atomic E-state index is 0.199. The third-order valence-electron chi connectivity index (χ3n) is 4.02. The number of benzene rings is 1. The second-order valence-corrected chi connectivity index (χ2v) is 6.18. The molecule has 0 saturated carbocycles. The number of carbonyl (C=O) groups excluding carboxylic acids is 1. The molecule has 1 aromatic heterocycles. The van der Waals surface area contributed by atoms with Crippen molar-refractivity contribution in [2.75, 3.05) is 6.54 Å². The Hall–Kier alpha value is -2.52. The van der Waals surface area contributed by atoms with E-state index in [1.54, 1.807) is 0 Å². The molecular formula is C18H19F6N3O. The molecule has 28 heavy (non-hydrogen) atoms. The molecule has 1 heterocycles. The van der Waals surface area contributed by atoms with Gasteiger partial charge in [0.05, 0.1) is 23.0 Å². The number of nitrogens with one attached hydrogen (secondary N) is 1. The van der Waals surface area contributed by atoms with E-state index in [0.717, 1.165) is 37.5 Å². The molecule has 1 N–H and O–H groups in total. The summed E-state index contributed by atoms with van der Waals surface area (Å²) < 4.78 is 79.5. The maximum absolute atomic E-state index is 13.5. The normalized spacial score (nSPS) is 12.2. The Morgan fingerprint density at radius 1 is 1.07 bits per heavy atom. The van der Waals surface area contributed by atoms with Crippen molar-refractivity contribution in [2.24, 2.45) is 0 Å². The molecule has 2 rings (SSSR count). The van der Waals surface area contributed by atoms with E-state index in [1.807, 2.05) is 6.92 Å². The highest BCUT2D eigenvalue weighted by molar-refractivity contribution is 5.95. The zero-order valence-corrected chi connectivity index (χ0v) is 15.0. The molecule has 0 bridgehead atoms. The first-order valence-corrected chi connectivity index (χ1v) is 8.66. The van der Waals surface area contributed by atoms with Gasteiger partial charge in [-0.3, -0.25) is 4.79 Å². The Labute approximate surface area is 157 Å². The van der Waals surface area contributed by atoms with Gasteiger partial charge in [-0.15, -0.1) is 0 Å². The summed E-state index contributed by atoms with van der Waals surface area (Å²) in [7, 11) is 0. The fraction of sp³-hybridized carbons (Fsp3) is 0.444. The first kappa shape index (κ1) is 21.8. The smallest absolute Gasteiger partial charge is 0.352 e. The molecule has 0 radical (unpaired) electrons. The van der Waals surface area contributed by atoms with Crippen LogP contribution in [0.2, 0.25) is 0 Å². The van der Waals surface area contributed by atoms with Crippen LogP contribution < -0.4 is 5.32 Å². The molecule has 0 atom stereocenters. The third kappa shape index (κ3) is 5.26. The average molecular weight is 407 g/mol. The summed E-state index contributed by atoms with van der Waals surface area (Å²) in [4.78, 5) is 12.2. The Kier molecular flexibility index (Phi) is 6.73. The van der Waals surface area contributed by atoms with E-state index >= 15 is 0 Å². The van der Waals surface area contributed by atoms with Gasteiger partial charge in [0.2, 0.25) is 0 Å². The third-order valence-corrected chi connectivity index (χ3v) is 4.02. The zero-order valence-electron chi connectivity index (χ0n) is 15.0. The number of hydrogen-bond acceptors (Lipinski definition) is 2. The number of carbonyl (C=O) groups is 1. The summed E-state index contributed by atoms with van der Waals surface area (Å²) in [5.74, 6) is -0.970. The number of hydrogen-bond donors (Lipinski definition) is 1. The molecule has 0 aliphatic heterocycles. The number of aromatic nitrogens is 2. The van der Waals surface area contributed by atoms with E-state index < -0.39 is 40.8 Å². The van der Waals surface area contributed by atoms with E-state index in [9.17, 15) is 31.1 Å². The first-order valence-electron chi connectivity index (χ1n) is 8.66. The van der Waals surface area contributed by atoms with Crippen LogP contribution in [0.3, 0.4) is 0 Å². The highest BCUT2D eigenvalue weighted by Gasteiger charge is 2.41. The summed E-state index contributed by atoms with van der Waals surface area (Å²) in [5, 5.41) is 5.92. The van der Waals surface area contributed by atoms with Crippen molar-refractivity contribution in [3.05, 3.63) is 47.3 Å². The Bertz CT molecular complexity index is 810. The molecule has 0 aliphatic rings. The van der Waals surface area contributed by atoms with E-state index in [4.69, 9.17) is 0 Å². The van der Waals surface area contributed by atoms with Crippen molar-refractivity contribution in [3.8, 4) is 5.69 Å². The van der Waals surface area contributed by atoms with E-state index in [2.05, 4.69) is 10.4 Å². The van der Waals surface area contributed by atoms with Crippen molar-refractivity contribution >= 4 is 5.91 Å². The molecule has 0 aliphatic carbocycles. The number of halogens is 6. The SMILES string of the molecule is CCCCCCNC(=O)c1cnn(-c2cccc(C(F)(F)F)c2)c1C(F)(F)F. The van der Waals surface area contributed by atoms with Crippen molar-refractivity contribution in [1.29, 1.82) is 0 Å². The van der Waals surface area contributed by atoms with Crippen LogP contribution in [0.1, 0.15) is 54.2 Å². The second-order valence-electron chi connectivity index (χ2n) is 6.18. The summed E-state index contributed by atoms with van der Waals surface area (Å²) in [6, 6.07) is 3.33. The van der Waals surface area contributed by atoms with Crippen molar-refractivity contribution < 1.29 is 31.1 Å². The summed E-state index contributed by atoms with van der Waals surface area (Å²) >= 11 is 0. The van der Waals surface area contributed by atoms with Crippen molar-refractivity contribution in [1.82, 2.24) is 15.1 Å². The summed E-state index contributed by atoms with van der Waals surface area (Å²) in [5.41, 5.74) is -3.71. The highest BCUT2D eigenvalue weighted by atomic mass is 19.4. The minimum Gasteiger partial charge on any atom is -0.352 e. The molecule has 0 unspecified atom stereocenters. The number of unbranched alkanes of at least 4 members (excludes halogenated alkanes) is 3. The van der Waals surface area contributed by atoms with Crippen LogP contribution in [0.25, 0.3) is 5.69 Å². The molecule has 1 amide bonds. The van der Waals surface area contributed by atoms with Crippen LogP contribution in [0, 0.1) is 0 Å². The Morgan fingerprint density at radius 3 is 2.39 bits per heavy atom. The monoisotopic (exact) mass is 407 g/mol. The fourth-order valence-corrected chi connectivity index (χ4v) is 2.65. The van der Waals surface area contributed by atoms with Gasteiger partial charge in [0, 0.05) is 6.54 Å². The lowest BCUT2D eigenvalue weighted by Crippen LogP contribution is -2.27. The number of alkyl halides is 6. The molecule has 0 fully saturated rings. The van der Waals surface area contributed by atoms with Gasteiger partial charge in [-0.05, 0) is 24.6 Å². The molecular weight excluding hydrogens is 388 g/mol. The van der Waals surface area contributed by atoms with E-state index in [0.29, 0.717) is 23.4 Å². The predicted octanol–water partition coefficient (Wildman–Crippen LogP) is 5.22. The van der Waals surface area contributed by atoms with Gasteiger partial charge in [0.1, 0.15) is 0 Å². The van der Waals surface area contributed by atoms with Crippen LogP contribution in [-0.2, 0) is 12.4 Å². The minimum atomic E-state index is -4.99. The van der Waals surface area contributed by atoms with Gasteiger partial charge >= 0.3 is 12.4 Å². The topological polar surface area (TPSA) is 46.9 Å². The maximum Gasteiger partial charge on any atom is 0.434 e. The van der Waals surface area contributed by atoms with Gasteiger partial charge in [-0.2, -0.15) is 31.4 Å². The Balaban J connectivity index is 2.34. The summed E-state index contributed by atoms with van der Waals surface area (Å²) in [6.45, 7) is 2.20. The van der Waals surface area contributed by atoms with Crippen LogP contribution >= 0.6 is 0 Å². The highest BCUT2D eigenvalue weighted by Crippen LogP contribution is 2.35. The van der Waals surface area contributed by atoms with Gasteiger partial charge in [0.25, 0.3) is 5.91 Å². The predicted molar refractivity (Wildman–Crippen MR) is 90.0 cm³/mol. The lowest BCUT2D eigenvalue weighted by molar-refractivity contribution is -0.143. The fourth-order valence-electron chi connectivity index (χ4n) is 2.65. The quantitative estimate of drug-likeness (QED) is 0.505. The van der Waals surface area contributed by atoms with Gasteiger partial charge in [0.15, 0.2) is 5.69 Å². The van der Waals surface area contributed by atoms with Crippen LogP contribution in [0.5, 0.6) is 0 Å². The lowest BCUT2D eigenvalue weighted by atomic mass is 10.1. The van der Waals surface area contributed by atoms with Crippen molar-refractivity contribution in [3.63, 3.8) is 0 Å². The largest absolute Gasteiger partial charge is 0.434 e. The molecule has 0 saturated heterocycles. The maximum atomic E-state index is 13.5. The molecule has 2 aromatic rings. The van der Waals surface area contributed by atoms with Crippen LogP contribution in [0.4, 0.5) is 26.3 Å². The van der Waals surface area contributed by atoms with E-state index in [-0.39, 0.29) is 6.54 Å². The Morgan fingerprint density at radius 2 is 1.79 bits per heavy atom. The molecule has 154 valence electrons. The van der Waals surface area contributed by atoms with E-state index in [1.165, 1.54) is 0 Å². The lowest BCUT2D eigenvalue weighted by Gasteiger charge is -2.14. The number of nitrogens with zero attached hydrogens (tertiary/aromatic N) is 2. The standard InChI is InChI=1S/C18H19F6N3O/c1-2-3-4-5-9-25-16(28)14-11-26-27(15(14)18(22,23)24)13-8-6-7-12(10-13)17(19,20)21/h6-8,10-11H,2-5,9H2,1H3,(H,25,28). The first-order chi connectivity index (χ1) is 13.1. The average Bonchev–Trinajstić information content (AvgIpc) is 3.06. The van der Waals surface area contributed by atoms with Crippen LogP contribution in [0.15, 0.2) is 30.5 Å². The molecule has 10 heteroatoms. The molecule has 1 aromatic carbocycles. The summed E-state index contributed by atoms with van der Waals surface area (Å²) in [6.07, 6.45) is -5.65. The second kappa shape index (κ2) is 8.66. The number of amides is 1. The van der Waals surface area contributed by atoms with Gasteiger partial charge < -0.3 is 5.32 Å². The van der Waals surface area contributed by atoms with Gasteiger partial charge in [-0.25, -0.2) is 4.68 Å². The number of rotatable bonds is 7. The van der Waals surface area contributed by atoms with Crippen molar-refractivity contribution in [2.45, 2.75) is 45.0 Å². The zero-order chi connectivity index (χ0) is 20.9. The van der Waals surface area contributed by atoms with Gasteiger partial charge in [-0.1, -0.05) is 32.3 Å². The van der Waals surface area contributed by atoms with Crippen LogP contribution in [-0.4, -0.2) is 22.2 Å². The molecule has 4 nitrogen and oxygen atoms in total.